The van der Waals surface area contributed by atoms with Crippen LogP contribution in [-0.2, 0) is 11.2 Å². The van der Waals surface area contributed by atoms with Crippen LogP contribution in [0.15, 0.2) is 70.7 Å². The number of carbonyl (C=O) groups is 2. The van der Waals surface area contributed by atoms with E-state index in [1.165, 1.54) is 23.1 Å². The molecule has 33 heavy (non-hydrogen) atoms. The number of para-hydroxylation sites is 1. The summed E-state index contributed by atoms with van der Waals surface area (Å²) in [6.45, 7) is 2.02. The fraction of sp³-hybridized carbons (Fsp3) is 0.120. The maximum absolute atomic E-state index is 13.2. The minimum Gasteiger partial charge on any atom is -0.390 e. The van der Waals surface area contributed by atoms with Gasteiger partial charge in [-0.1, -0.05) is 41.6 Å². The lowest BCUT2D eigenvalue weighted by Crippen LogP contribution is -2.22. The van der Waals surface area contributed by atoms with Crippen LogP contribution in [0.3, 0.4) is 0 Å². The van der Waals surface area contributed by atoms with Gasteiger partial charge >= 0.3 is 0 Å². The molecule has 3 aromatic rings. The Kier molecular flexibility index (Phi) is 5.78. The predicted octanol–water partition coefficient (Wildman–Crippen LogP) is 6.53. The Balaban J connectivity index is 1.58. The van der Waals surface area contributed by atoms with Crippen molar-refractivity contribution in [2.24, 2.45) is 0 Å². The zero-order valence-corrected chi connectivity index (χ0v) is 20.1. The highest BCUT2D eigenvalue weighted by Crippen LogP contribution is 2.48. The summed E-state index contributed by atoms with van der Waals surface area (Å²) in [4.78, 5) is 29.2. The molecule has 5 nitrogen and oxygen atoms in total. The van der Waals surface area contributed by atoms with Crippen LogP contribution in [0.4, 0.5) is 16.4 Å². The Bertz CT molecular complexity index is 1330. The second-order valence-corrected chi connectivity index (χ2v) is 10.1. The van der Waals surface area contributed by atoms with Crippen LogP contribution in [-0.4, -0.2) is 11.7 Å². The maximum Gasteiger partial charge on any atom is 0.258 e. The van der Waals surface area contributed by atoms with Crippen LogP contribution in [0.25, 0.3) is 5.57 Å². The number of allylic oxidation sites excluding steroid dienone is 2. The van der Waals surface area contributed by atoms with Crippen molar-refractivity contribution in [3.63, 3.8) is 0 Å². The minimum absolute atomic E-state index is 0.0694. The molecule has 0 saturated heterocycles. The number of halogens is 1. The standard InChI is InChI=1S/C25H20ClN3O2S2/c1-14-13-32-25(29(14)17-5-3-2-4-6-17)21-19(30)12-11-18-20(23(27)33-22(18)21)24(31)28-16-9-7-15(26)8-10-16/h2-10,13H,11-12,27H2,1H3,(H,28,31). The lowest BCUT2D eigenvalue weighted by molar-refractivity contribution is -0.113. The number of thioether (sulfide) groups is 1. The third-order valence-electron chi connectivity index (χ3n) is 5.60. The van der Waals surface area contributed by atoms with Gasteiger partial charge in [-0.25, -0.2) is 0 Å². The number of nitrogens with zero attached hydrogens (tertiary/aromatic N) is 1. The van der Waals surface area contributed by atoms with Crippen molar-refractivity contribution < 1.29 is 9.59 Å². The van der Waals surface area contributed by atoms with Crippen molar-refractivity contribution in [1.29, 1.82) is 0 Å². The molecule has 1 aromatic heterocycles. The summed E-state index contributed by atoms with van der Waals surface area (Å²) in [5, 5.41) is 6.81. The summed E-state index contributed by atoms with van der Waals surface area (Å²) in [6, 6.07) is 16.9. The van der Waals surface area contributed by atoms with Gasteiger partial charge in [0.2, 0.25) is 0 Å². The number of amides is 1. The first-order valence-electron chi connectivity index (χ1n) is 10.4. The molecule has 2 heterocycles. The molecule has 1 aliphatic heterocycles. The number of nitrogen functional groups attached to an aromatic ring is 1. The van der Waals surface area contributed by atoms with E-state index >= 15 is 0 Å². The van der Waals surface area contributed by atoms with Gasteiger partial charge in [0.1, 0.15) is 0 Å². The summed E-state index contributed by atoms with van der Waals surface area (Å²) in [6.07, 6.45) is 0.829. The van der Waals surface area contributed by atoms with Gasteiger partial charge in [-0.15, -0.1) is 11.3 Å². The Morgan fingerprint density at radius 3 is 2.55 bits per heavy atom. The van der Waals surface area contributed by atoms with Crippen LogP contribution in [0, 0.1) is 0 Å². The summed E-state index contributed by atoms with van der Waals surface area (Å²) < 4.78 is 0. The third kappa shape index (κ3) is 3.97. The van der Waals surface area contributed by atoms with Crippen LogP contribution >= 0.6 is 34.7 Å². The zero-order chi connectivity index (χ0) is 23.1. The Labute approximate surface area is 204 Å². The zero-order valence-electron chi connectivity index (χ0n) is 17.7. The van der Waals surface area contributed by atoms with E-state index in [0.29, 0.717) is 39.7 Å². The fourth-order valence-corrected chi connectivity index (χ4v) is 6.53. The van der Waals surface area contributed by atoms with Gasteiger partial charge in [0.05, 0.1) is 21.2 Å². The van der Waals surface area contributed by atoms with Gasteiger partial charge in [0.25, 0.3) is 5.91 Å². The van der Waals surface area contributed by atoms with Crippen molar-refractivity contribution in [2.45, 2.75) is 19.8 Å². The summed E-state index contributed by atoms with van der Waals surface area (Å²) in [5.41, 5.74) is 10.9. The number of carbonyl (C=O) groups excluding carboxylic acids is 2. The van der Waals surface area contributed by atoms with Crippen LogP contribution in [0.5, 0.6) is 0 Å². The second-order valence-electron chi connectivity index (χ2n) is 7.76. The monoisotopic (exact) mass is 493 g/mol. The molecular formula is C25H20ClN3O2S2. The molecule has 0 radical (unpaired) electrons. The lowest BCUT2D eigenvalue weighted by atomic mass is 9.90. The van der Waals surface area contributed by atoms with E-state index in [1.807, 2.05) is 42.7 Å². The highest BCUT2D eigenvalue weighted by Gasteiger charge is 2.35. The summed E-state index contributed by atoms with van der Waals surface area (Å²) in [5.74, 6) is -0.209. The molecule has 2 aliphatic rings. The van der Waals surface area contributed by atoms with Crippen molar-refractivity contribution in [1.82, 2.24) is 0 Å². The molecule has 0 fully saturated rings. The molecule has 166 valence electrons. The molecule has 8 heteroatoms. The normalized spacial score (nSPS) is 17.7. The first-order chi connectivity index (χ1) is 15.9. The van der Waals surface area contributed by atoms with Crippen molar-refractivity contribution in [2.75, 3.05) is 16.0 Å². The number of fused-ring (bicyclic) bond motifs is 1. The van der Waals surface area contributed by atoms with Gasteiger partial charge in [0.15, 0.2) is 5.78 Å². The SMILES string of the molecule is CC1=CSC(=C2C(=O)CCc3c2sc(N)c3C(=O)Nc2ccc(Cl)cc2)N1c1ccccc1. The van der Waals surface area contributed by atoms with E-state index < -0.39 is 0 Å². The smallest absolute Gasteiger partial charge is 0.258 e. The summed E-state index contributed by atoms with van der Waals surface area (Å²) in [7, 11) is 0. The molecule has 0 spiro atoms. The first kappa shape index (κ1) is 21.8. The quantitative estimate of drug-likeness (QED) is 0.405. The highest BCUT2D eigenvalue weighted by molar-refractivity contribution is 8.06. The first-order valence-corrected chi connectivity index (χ1v) is 12.5. The highest BCUT2D eigenvalue weighted by atomic mass is 35.5. The number of nitrogens with one attached hydrogen (secondary N) is 1. The molecule has 5 rings (SSSR count). The van der Waals surface area contributed by atoms with Gasteiger partial charge < -0.3 is 16.0 Å². The number of hydrogen-bond acceptors (Lipinski definition) is 6. The van der Waals surface area contributed by atoms with E-state index in [4.69, 9.17) is 17.3 Å². The van der Waals surface area contributed by atoms with E-state index in [9.17, 15) is 9.59 Å². The van der Waals surface area contributed by atoms with Crippen LogP contribution in [0.2, 0.25) is 5.02 Å². The summed E-state index contributed by atoms with van der Waals surface area (Å²) >= 11 is 8.79. The Morgan fingerprint density at radius 2 is 1.82 bits per heavy atom. The molecule has 3 N–H and O–H groups in total. The maximum atomic E-state index is 13.2. The van der Waals surface area contributed by atoms with Crippen molar-refractivity contribution in [3.8, 4) is 0 Å². The van der Waals surface area contributed by atoms with Gasteiger partial charge in [-0.3, -0.25) is 9.59 Å². The largest absolute Gasteiger partial charge is 0.390 e. The molecule has 0 bridgehead atoms. The molecule has 0 atom stereocenters. The number of anilines is 3. The number of rotatable bonds is 3. The second kappa shape index (κ2) is 8.74. The van der Waals surface area contributed by atoms with Gasteiger partial charge in [0, 0.05) is 33.4 Å². The molecule has 2 aromatic carbocycles. The molecule has 1 amide bonds. The fourth-order valence-electron chi connectivity index (χ4n) is 4.08. The van der Waals surface area contributed by atoms with Crippen LogP contribution < -0.4 is 16.0 Å². The topological polar surface area (TPSA) is 75.4 Å². The van der Waals surface area contributed by atoms with Crippen molar-refractivity contribution >= 4 is 68.3 Å². The van der Waals surface area contributed by atoms with E-state index in [2.05, 4.69) is 10.2 Å². The Hall–Kier alpha value is -3.00. The average Bonchev–Trinajstić information content (AvgIpc) is 3.35. The van der Waals surface area contributed by atoms with E-state index in [0.717, 1.165) is 26.9 Å². The van der Waals surface area contributed by atoms with Crippen molar-refractivity contribution in [3.05, 3.63) is 91.8 Å². The predicted molar refractivity (Wildman–Crippen MR) is 139 cm³/mol. The molecule has 0 saturated carbocycles. The minimum atomic E-state index is -0.278. The number of nitrogens with two attached hydrogens (primary N) is 1. The number of hydrogen-bond donors (Lipinski definition) is 2. The van der Waals surface area contributed by atoms with E-state index in [1.54, 1.807) is 24.3 Å². The third-order valence-corrected chi connectivity index (χ3v) is 8.00. The van der Waals surface area contributed by atoms with E-state index in [-0.39, 0.29) is 11.7 Å². The van der Waals surface area contributed by atoms with Gasteiger partial charge in [-0.2, -0.15) is 0 Å². The number of benzene rings is 2. The van der Waals surface area contributed by atoms with Gasteiger partial charge in [-0.05, 0) is 60.7 Å². The molecule has 1 aliphatic carbocycles. The molecular weight excluding hydrogens is 474 g/mol. The average molecular weight is 494 g/mol. The van der Waals surface area contributed by atoms with Crippen LogP contribution in [0.1, 0.15) is 34.1 Å². The molecule has 0 unspecified atom stereocenters. The number of thiophene rings is 1. The number of ketones is 1. The Morgan fingerprint density at radius 1 is 1.09 bits per heavy atom. The number of Topliss-reactive ketones (excluding diaryl/α,β-unsaturated/α-hetero) is 1. The lowest BCUT2D eigenvalue weighted by Gasteiger charge is -2.25.